The van der Waals surface area contributed by atoms with E-state index >= 15 is 0 Å². The number of fused-ring (bicyclic) bond motifs is 4. The summed E-state index contributed by atoms with van der Waals surface area (Å²) in [7, 11) is 0. The van der Waals surface area contributed by atoms with Gasteiger partial charge in [0.05, 0.1) is 0 Å². The molecule has 0 atom stereocenters. The standard InChI is InChI=1S/C63H61N4O.Pt/c1-60(2,3)45-26-29-55-54(37-45)53-28-27-51(40-58(53)67(55)59-38-46(30-31-64-59)61(4,5)6)68-52-36-48(63(10,11)44-22-16-13-17-23-44)35-50(39-52)66-41-65(56-24-18-19-25-57(56)66)49-33-43(42-20-14-12-15-21-42)32-47(34-49)62(7,8)9;/h12-38,41H,1-11H3;/q-3;. The number of ether oxygens (including phenoxy) is 1. The van der Waals surface area contributed by atoms with E-state index in [9.17, 15) is 0 Å². The molecular formula is C63H61N4OPt-3. The Kier molecular flexibility index (Phi) is 12.3. The van der Waals surface area contributed by atoms with Crippen LogP contribution in [0.25, 0.3) is 38.8 Å². The number of hydrogen-bond donors (Lipinski definition) is 0. The van der Waals surface area contributed by atoms with Crippen LogP contribution < -0.4 is 14.5 Å². The molecule has 0 N–H and O–H groups in total. The SMILES string of the molecule is CC(C)(C)c1cc(-c2ccccc2)cc(N2[CH-]N(c3[c-]c(Oc4[c-]c5c(cc4)c4cc(C(C)(C)C)ccc4n5-c4cc(C(C)(C)C)ccn4)cc(C(C)(C)c4ccccc4)c3)c3ccccc32)c1.[Pt]. The van der Waals surface area contributed by atoms with Crippen molar-refractivity contribution >= 4 is 44.6 Å². The first-order valence-corrected chi connectivity index (χ1v) is 23.9. The average Bonchev–Trinajstić information content (AvgIpc) is 3.87. The normalized spacial score (nSPS) is 13.2. The summed E-state index contributed by atoms with van der Waals surface area (Å²) in [5.74, 6) is 2.06. The first-order chi connectivity index (χ1) is 32.3. The molecule has 0 saturated carbocycles. The van der Waals surface area contributed by atoms with Gasteiger partial charge < -0.3 is 19.1 Å². The Morgan fingerprint density at radius 2 is 1.12 bits per heavy atom. The van der Waals surface area contributed by atoms with Gasteiger partial charge in [-0.2, -0.15) is 6.07 Å². The van der Waals surface area contributed by atoms with Gasteiger partial charge in [0.1, 0.15) is 5.82 Å². The monoisotopic (exact) mass is 1080 g/mol. The predicted molar refractivity (Wildman–Crippen MR) is 284 cm³/mol. The van der Waals surface area contributed by atoms with Crippen LogP contribution in [0.1, 0.15) is 104 Å². The Morgan fingerprint density at radius 3 is 1.80 bits per heavy atom. The zero-order valence-electron chi connectivity index (χ0n) is 41.7. The quantitative estimate of drug-likeness (QED) is 0.142. The molecule has 0 spiro atoms. The predicted octanol–water partition coefficient (Wildman–Crippen LogP) is 16.9. The van der Waals surface area contributed by atoms with E-state index in [1.54, 1.807) is 0 Å². The van der Waals surface area contributed by atoms with E-state index in [4.69, 9.17) is 9.72 Å². The number of anilines is 4. The number of benzene rings is 7. The van der Waals surface area contributed by atoms with Crippen LogP contribution in [0, 0.1) is 18.8 Å². The van der Waals surface area contributed by atoms with Gasteiger partial charge >= 0.3 is 0 Å². The van der Waals surface area contributed by atoms with Crippen molar-refractivity contribution in [3.8, 4) is 28.4 Å². The Labute approximate surface area is 424 Å². The molecule has 0 unspecified atom stereocenters. The molecule has 0 fully saturated rings. The van der Waals surface area contributed by atoms with E-state index in [0.717, 1.165) is 55.9 Å². The first-order valence-electron chi connectivity index (χ1n) is 23.9. The summed E-state index contributed by atoms with van der Waals surface area (Å²) in [6, 6.07) is 64.3. The summed E-state index contributed by atoms with van der Waals surface area (Å²) in [6.07, 6.45) is 1.92. The maximum absolute atomic E-state index is 7.02. The van der Waals surface area contributed by atoms with Crippen molar-refractivity contribution in [3.05, 3.63) is 211 Å². The molecule has 5 nitrogen and oxygen atoms in total. The van der Waals surface area contributed by atoms with E-state index in [1.165, 1.54) is 33.4 Å². The van der Waals surface area contributed by atoms with E-state index in [0.29, 0.717) is 11.5 Å². The molecular weight excluding hydrogens is 1020 g/mol. The fourth-order valence-corrected chi connectivity index (χ4v) is 9.40. The van der Waals surface area contributed by atoms with Gasteiger partial charge in [-0.25, -0.2) is 4.98 Å². The summed E-state index contributed by atoms with van der Waals surface area (Å²) in [5, 5.41) is 2.26. The van der Waals surface area contributed by atoms with Crippen LogP contribution in [0.4, 0.5) is 22.7 Å². The van der Waals surface area contributed by atoms with Crippen molar-refractivity contribution in [3.63, 3.8) is 0 Å². The summed E-state index contributed by atoms with van der Waals surface area (Å²) in [6.45, 7) is 27.1. The Balaban J connectivity index is 0.00000593. The first kappa shape index (κ1) is 47.6. The maximum atomic E-state index is 7.02. The molecule has 0 radical (unpaired) electrons. The van der Waals surface area contributed by atoms with Crippen LogP contribution in [0.2, 0.25) is 0 Å². The second-order valence-electron chi connectivity index (χ2n) is 22.0. The van der Waals surface area contributed by atoms with Crippen molar-refractivity contribution in [2.75, 3.05) is 9.80 Å². The van der Waals surface area contributed by atoms with Crippen LogP contribution in [0.5, 0.6) is 11.5 Å². The summed E-state index contributed by atoms with van der Waals surface area (Å²) < 4.78 is 9.26. The smallest absolute Gasteiger partial charge is 0.135 e. The fraction of sp³-hybridized carbons (Fsp3) is 0.238. The van der Waals surface area contributed by atoms with Gasteiger partial charge in [-0.3, -0.25) is 0 Å². The van der Waals surface area contributed by atoms with Gasteiger partial charge in [0, 0.05) is 61.3 Å². The van der Waals surface area contributed by atoms with Gasteiger partial charge in [-0.15, -0.1) is 53.6 Å². The molecule has 2 aromatic heterocycles. The minimum Gasteiger partial charge on any atom is -0.509 e. The number of aromatic nitrogens is 2. The average molecular weight is 1090 g/mol. The molecule has 0 bridgehead atoms. The van der Waals surface area contributed by atoms with Crippen molar-refractivity contribution in [2.24, 2.45) is 0 Å². The topological polar surface area (TPSA) is 33.5 Å². The Hall–Kier alpha value is -6.42. The molecule has 0 aliphatic carbocycles. The molecule has 10 rings (SSSR count). The van der Waals surface area contributed by atoms with E-state index < -0.39 is 0 Å². The largest absolute Gasteiger partial charge is 0.509 e. The maximum Gasteiger partial charge on any atom is 0.135 e. The van der Waals surface area contributed by atoms with Crippen molar-refractivity contribution in [1.29, 1.82) is 0 Å². The van der Waals surface area contributed by atoms with Crippen LogP contribution in [-0.2, 0) is 42.7 Å². The van der Waals surface area contributed by atoms with Crippen molar-refractivity contribution in [2.45, 2.75) is 97.8 Å². The number of para-hydroxylation sites is 2. The summed E-state index contributed by atoms with van der Waals surface area (Å²) in [4.78, 5) is 9.54. The van der Waals surface area contributed by atoms with Crippen molar-refractivity contribution < 1.29 is 25.8 Å². The molecule has 1 aliphatic rings. The third-order valence-electron chi connectivity index (χ3n) is 13.7. The molecule has 6 heteroatoms. The number of pyridine rings is 1. The molecule has 1 aliphatic heterocycles. The molecule has 7 aromatic carbocycles. The zero-order valence-corrected chi connectivity index (χ0v) is 44.0. The molecule has 352 valence electrons. The van der Waals surface area contributed by atoms with E-state index in [-0.39, 0.29) is 42.7 Å². The van der Waals surface area contributed by atoms with Gasteiger partial charge in [0.15, 0.2) is 0 Å². The molecule has 3 heterocycles. The van der Waals surface area contributed by atoms with Crippen LogP contribution in [0.15, 0.2) is 164 Å². The van der Waals surface area contributed by atoms with E-state index in [1.807, 2.05) is 12.3 Å². The second-order valence-corrected chi connectivity index (χ2v) is 22.0. The van der Waals surface area contributed by atoms with Gasteiger partial charge in [-0.05, 0) is 103 Å². The fourth-order valence-electron chi connectivity index (χ4n) is 9.40. The van der Waals surface area contributed by atoms with E-state index in [2.05, 4.69) is 261 Å². The molecule has 9 aromatic rings. The van der Waals surface area contributed by atoms with Gasteiger partial charge in [0.25, 0.3) is 0 Å². The number of hydrogen-bond acceptors (Lipinski definition) is 4. The third kappa shape index (κ3) is 9.15. The van der Waals surface area contributed by atoms with Gasteiger partial charge in [0.2, 0.25) is 0 Å². The zero-order chi connectivity index (χ0) is 47.8. The molecule has 0 amide bonds. The van der Waals surface area contributed by atoms with Crippen LogP contribution in [0.3, 0.4) is 0 Å². The minimum atomic E-state index is -0.373. The number of nitrogens with zero attached hydrogens (tertiary/aromatic N) is 4. The van der Waals surface area contributed by atoms with Crippen molar-refractivity contribution in [1.82, 2.24) is 9.55 Å². The number of rotatable bonds is 8. The molecule has 0 saturated heterocycles. The Morgan fingerprint density at radius 1 is 0.478 bits per heavy atom. The third-order valence-corrected chi connectivity index (χ3v) is 13.7. The van der Waals surface area contributed by atoms with Crippen LogP contribution >= 0.6 is 0 Å². The van der Waals surface area contributed by atoms with Crippen LogP contribution in [-0.4, -0.2) is 9.55 Å². The summed E-state index contributed by atoms with van der Waals surface area (Å²) >= 11 is 0. The van der Waals surface area contributed by atoms with Gasteiger partial charge in [-0.1, -0.05) is 173 Å². The second kappa shape index (κ2) is 17.8. The molecule has 69 heavy (non-hydrogen) atoms. The Bertz CT molecular complexity index is 3330. The minimum absolute atomic E-state index is 0. The summed E-state index contributed by atoms with van der Waals surface area (Å²) in [5.41, 5.74) is 14.1.